The molecule has 0 aliphatic rings. The summed E-state index contributed by atoms with van der Waals surface area (Å²) in [7, 11) is 1.56. The van der Waals surface area contributed by atoms with Gasteiger partial charge in [0, 0.05) is 21.3 Å². The van der Waals surface area contributed by atoms with E-state index in [1.165, 1.54) is 0 Å². The minimum Gasteiger partial charge on any atom is -0.493 e. The number of unbranched alkanes of at least 4 members (excludes halogenated alkanes) is 1. The van der Waals surface area contributed by atoms with Crippen molar-refractivity contribution < 1.29 is 9.47 Å². The molecule has 1 aromatic carbocycles. The zero-order valence-corrected chi connectivity index (χ0v) is 15.5. The van der Waals surface area contributed by atoms with Gasteiger partial charge in [-0.3, -0.25) is 4.79 Å². The second-order valence-electron chi connectivity index (χ2n) is 5.37. The number of pyridine rings is 1. The van der Waals surface area contributed by atoms with Gasteiger partial charge in [0.05, 0.1) is 13.7 Å². The lowest BCUT2D eigenvalue weighted by atomic mass is 10.0. The van der Waals surface area contributed by atoms with Crippen molar-refractivity contribution in [2.24, 2.45) is 0 Å². The molecular weight excluding hydrogens is 372 g/mol. The topological polar surface area (TPSA) is 75.1 Å². The summed E-state index contributed by atoms with van der Waals surface area (Å²) in [5.41, 5.74) is 1.62. The third-order valence-electron chi connectivity index (χ3n) is 3.58. The van der Waals surface area contributed by atoms with Gasteiger partial charge in [0.1, 0.15) is 11.6 Å². The van der Waals surface area contributed by atoms with Gasteiger partial charge in [-0.2, -0.15) is 5.26 Å². The molecule has 0 bridgehead atoms. The summed E-state index contributed by atoms with van der Waals surface area (Å²) in [6.45, 7) is 4.48. The Bertz CT molecular complexity index is 837. The molecule has 0 fully saturated rings. The lowest BCUT2D eigenvalue weighted by Gasteiger charge is -2.15. The van der Waals surface area contributed by atoms with Crippen LogP contribution in [0.5, 0.6) is 11.5 Å². The minimum atomic E-state index is -0.401. The summed E-state index contributed by atoms with van der Waals surface area (Å²) in [4.78, 5) is 14.7. The van der Waals surface area contributed by atoms with Gasteiger partial charge in [0.15, 0.2) is 11.5 Å². The van der Waals surface area contributed by atoms with Crippen LogP contribution in [0.25, 0.3) is 11.1 Å². The van der Waals surface area contributed by atoms with Gasteiger partial charge in [-0.25, -0.2) is 0 Å². The van der Waals surface area contributed by atoms with Crippen LogP contribution < -0.4 is 15.0 Å². The number of aromatic nitrogens is 1. The number of nitrogens with zero attached hydrogens (tertiary/aromatic N) is 1. The van der Waals surface area contributed by atoms with Crippen molar-refractivity contribution in [3.63, 3.8) is 0 Å². The number of halogens is 1. The molecule has 2 rings (SSSR count). The number of methoxy groups -OCH3 is 1. The Labute approximate surface area is 149 Å². The average molecular weight is 391 g/mol. The quantitative estimate of drug-likeness (QED) is 0.750. The number of nitriles is 1. The summed E-state index contributed by atoms with van der Waals surface area (Å²) in [6.07, 6.45) is 1.99. The Balaban J connectivity index is 2.57. The normalized spacial score (nSPS) is 10.3. The molecule has 1 heterocycles. The number of benzene rings is 1. The lowest BCUT2D eigenvalue weighted by Crippen LogP contribution is -2.13. The van der Waals surface area contributed by atoms with E-state index in [9.17, 15) is 10.1 Å². The van der Waals surface area contributed by atoms with E-state index in [0.29, 0.717) is 34.9 Å². The van der Waals surface area contributed by atoms with Gasteiger partial charge in [-0.15, -0.1) is 0 Å². The van der Waals surface area contributed by atoms with E-state index in [2.05, 4.69) is 27.8 Å². The molecule has 0 radical (unpaired) electrons. The highest BCUT2D eigenvalue weighted by Gasteiger charge is 2.17. The molecule has 2 aromatic rings. The van der Waals surface area contributed by atoms with E-state index in [1.54, 1.807) is 26.2 Å². The Morgan fingerprint density at radius 2 is 2.00 bits per heavy atom. The summed E-state index contributed by atoms with van der Waals surface area (Å²) < 4.78 is 11.9. The number of ether oxygens (including phenoxy) is 2. The first kappa shape index (κ1) is 18.1. The van der Waals surface area contributed by atoms with Crippen LogP contribution >= 0.6 is 15.9 Å². The van der Waals surface area contributed by atoms with Crippen LogP contribution in [-0.2, 0) is 0 Å². The van der Waals surface area contributed by atoms with Crippen molar-refractivity contribution in [1.29, 1.82) is 5.26 Å². The smallest absolute Gasteiger partial charge is 0.266 e. The first-order valence-electron chi connectivity index (χ1n) is 7.66. The van der Waals surface area contributed by atoms with Crippen molar-refractivity contribution in [1.82, 2.24) is 4.98 Å². The second-order valence-corrected chi connectivity index (χ2v) is 6.22. The number of hydrogen-bond acceptors (Lipinski definition) is 4. The molecule has 0 saturated heterocycles. The van der Waals surface area contributed by atoms with Gasteiger partial charge in [-0.1, -0.05) is 29.3 Å². The number of nitrogens with one attached hydrogen (secondary N) is 1. The molecule has 0 atom stereocenters. The van der Waals surface area contributed by atoms with Crippen LogP contribution in [0, 0.1) is 18.3 Å². The van der Waals surface area contributed by atoms with Crippen LogP contribution in [0.1, 0.15) is 31.0 Å². The molecular formula is C18H19BrN2O3. The van der Waals surface area contributed by atoms with Gasteiger partial charge in [-0.05, 0) is 31.5 Å². The van der Waals surface area contributed by atoms with Crippen molar-refractivity contribution in [3.05, 3.63) is 44.3 Å². The van der Waals surface area contributed by atoms with Crippen LogP contribution in [0.4, 0.5) is 0 Å². The zero-order valence-electron chi connectivity index (χ0n) is 13.9. The fraction of sp³-hybridized carbons (Fsp3) is 0.333. The fourth-order valence-electron chi connectivity index (χ4n) is 2.35. The molecule has 0 aliphatic heterocycles. The monoisotopic (exact) mass is 390 g/mol. The molecule has 1 aromatic heterocycles. The summed E-state index contributed by atoms with van der Waals surface area (Å²) >= 11 is 3.51. The van der Waals surface area contributed by atoms with Gasteiger partial charge < -0.3 is 14.5 Å². The summed E-state index contributed by atoms with van der Waals surface area (Å²) in [5, 5.41) is 9.33. The zero-order chi connectivity index (χ0) is 17.7. The molecule has 0 spiro atoms. The van der Waals surface area contributed by atoms with Crippen molar-refractivity contribution in [3.8, 4) is 28.7 Å². The molecule has 1 N–H and O–H groups in total. The third kappa shape index (κ3) is 3.80. The maximum atomic E-state index is 12.0. The number of H-pyrrole nitrogens is 1. The van der Waals surface area contributed by atoms with E-state index in [0.717, 1.165) is 17.3 Å². The van der Waals surface area contributed by atoms with E-state index in [4.69, 9.17) is 9.47 Å². The lowest BCUT2D eigenvalue weighted by molar-refractivity contribution is 0.288. The predicted octanol–water partition coefficient (Wildman–Crippen LogP) is 4.17. The van der Waals surface area contributed by atoms with Gasteiger partial charge in [0.25, 0.3) is 5.56 Å². The van der Waals surface area contributed by atoms with Crippen LogP contribution in [0.2, 0.25) is 0 Å². The highest BCUT2D eigenvalue weighted by molar-refractivity contribution is 9.10. The van der Waals surface area contributed by atoms with E-state index < -0.39 is 5.56 Å². The summed E-state index contributed by atoms with van der Waals surface area (Å²) in [5.74, 6) is 1.19. The van der Waals surface area contributed by atoms with Crippen molar-refractivity contribution in [2.75, 3.05) is 13.7 Å². The van der Waals surface area contributed by atoms with E-state index in [-0.39, 0.29) is 5.56 Å². The number of hydrogen-bond donors (Lipinski definition) is 1. The highest BCUT2D eigenvalue weighted by Crippen LogP contribution is 2.39. The highest BCUT2D eigenvalue weighted by atomic mass is 79.9. The molecule has 0 unspecified atom stereocenters. The predicted molar refractivity (Wildman–Crippen MR) is 96.6 cm³/mol. The fourth-order valence-corrected chi connectivity index (χ4v) is 2.89. The van der Waals surface area contributed by atoms with Crippen LogP contribution in [0.3, 0.4) is 0 Å². The van der Waals surface area contributed by atoms with Gasteiger partial charge in [0.2, 0.25) is 0 Å². The molecule has 0 aliphatic carbocycles. The van der Waals surface area contributed by atoms with E-state index >= 15 is 0 Å². The van der Waals surface area contributed by atoms with Crippen LogP contribution in [0.15, 0.2) is 27.5 Å². The van der Waals surface area contributed by atoms with Crippen molar-refractivity contribution >= 4 is 15.9 Å². The summed E-state index contributed by atoms with van der Waals surface area (Å²) in [6, 6.07) is 7.33. The molecule has 0 amide bonds. The SMILES string of the molecule is CCCCOc1cc(Br)c(-c2cc(C)[nH]c(=O)c2C#N)cc1OC. The Morgan fingerprint density at radius 3 is 2.62 bits per heavy atom. The molecule has 24 heavy (non-hydrogen) atoms. The maximum Gasteiger partial charge on any atom is 0.266 e. The first-order valence-corrected chi connectivity index (χ1v) is 8.45. The largest absolute Gasteiger partial charge is 0.493 e. The third-order valence-corrected chi connectivity index (χ3v) is 4.23. The number of aryl methyl sites for hydroxylation is 1. The molecule has 126 valence electrons. The molecule has 6 heteroatoms. The van der Waals surface area contributed by atoms with E-state index in [1.807, 2.05) is 12.1 Å². The Morgan fingerprint density at radius 1 is 1.25 bits per heavy atom. The minimum absolute atomic E-state index is 0.0722. The maximum absolute atomic E-state index is 12.0. The molecule has 5 nitrogen and oxygen atoms in total. The second kappa shape index (κ2) is 8.02. The Kier molecular flexibility index (Phi) is 6.04. The first-order chi connectivity index (χ1) is 11.5. The number of aromatic amines is 1. The van der Waals surface area contributed by atoms with Gasteiger partial charge >= 0.3 is 0 Å². The number of rotatable bonds is 6. The van der Waals surface area contributed by atoms with Crippen LogP contribution in [-0.4, -0.2) is 18.7 Å². The average Bonchev–Trinajstić information content (AvgIpc) is 2.54. The Hall–Kier alpha value is -2.26. The standard InChI is InChI=1S/C18H19BrN2O3/c1-4-5-6-24-17-9-15(19)13(8-16(17)23-3)12-7-11(2)21-18(22)14(12)10-20/h7-9H,4-6H2,1-3H3,(H,21,22). The molecule has 0 saturated carbocycles. The van der Waals surface area contributed by atoms with Crippen molar-refractivity contribution in [2.45, 2.75) is 26.7 Å².